The molecule has 0 radical (unpaired) electrons. The van der Waals surface area contributed by atoms with Crippen LogP contribution in [0.25, 0.3) is 10.4 Å². The van der Waals surface area contributed by atoms with Crippen LogP contribution in [-0.4, -0.2) is 11.1 Å². The number of halogens is 1. The van der Waals surface area contributed by atoms with Crippen LogP contribution in [0.4, 0.5) is 4.39 Å². The molecule has 1 atom stereocenters. The minimum Gasteiger partial charge on any atom is -0.481 e. The van der Waals surface area contributed by atoms with Crippen molar-refractivity contribution in [2.75, 3.05) is 0 Å². The molecule has 78 valence electrons. The molecule has 0 aromatic heterocycles. The first-order valence-electron chi connectivity index (χ1n) is 4.15. The summed E-state index contributed by atoms with van der Waals surface area (Å²) in [6.45, 7) is 0. The summed E-state index contributed by atoms with van der Waals surface area (Å²) in [6.07, 6.45) is -0.310. The highest BCUT2D eigenvalue weighted by molar-refractivity contribution is 5.67. The molecule has 0 saturated heterocycles. The van der Waals surface area contributed by atoms with E-state index < -0.39 is 17.8 Å². The third-order valence-corrected chi connectivity index (χ3v) is 1.81. The molecule has 0 bridgehead atoms. The van der Waals surface area contributed by atoms with Gasteiger partial charge < -0.3 is 5.11 Å². The molecule has 15 heavy (non-hydrogen) atoms. The summed E-state index contributed by atoms with van der Waals surface area (Å²) in [5, 5.41) is 11.9. The molecule has 0 aliphatic heterocycles. The van der Waals surface area contributed by atoms with Crippen LogP contribution in [0.3, 0.4) is 0 Å². The van der Waals surface area contributed by atoms with Crippen molar-refractivity contribution in [1.82, 2.24) is 0 Å². The fourth-order valence-corrected chi connectivity index (χ4v) is 1.14. The van der Waals surface area contributed by atoms with Crippen LogP contribution in [0.2, 0.25) is 0 Å². The Kier molecular flexibility index (Phi) is 3.65. The van der Waals surface area contributed by atoms with Gasteiger partial charge in [-0.3, -0.25) is 4.79 Å². The predicted octanol–water partition coefficient (Wildman–Crippen LogP) is 2.65. The van der Waals surface area contributed by atoms with Crippen molar-refractivity contribution in [2.45, 2.75) is 12.5 Å². The van der Waals surface area contributed by atoms with Gasteiger partial charge in [-0.2, -0.15) is 0 Å². The normalized spacial score (nSPS) is 11.5. The molecule has 6 heteroatoms. The number of benzene rings is 1. The minimum atomic E-state index is -1.07. The maximum Gasteiger partial charge on any atom is 0.304 e. The predicted molar refractivity (Wildman–Crippen MR) is 50.5 cm³/mol. The monoisotopic (exact) mass is 209 g/mol. The van der Waals surface area contributed by atoms with Gasteiger partial charge in [0.15, 0.2) is 0 Å². The molecule has 1 rings (SSSR count). The Morgan fingerprint density at radius 1 is 1.53 bits per heavy atom. The van der Waals surface area contributed by atoms with Crippen molar-refractivity contribution in [1.29, 1.82) is 0 Å². The number of carboxylic acids is 1. The topological polar surface area (TPSA) is 86.1 Å². The Labute approximate surface area is 84.8 Å². The number of carbonyl (C=O) groups is 1. The second kappa shape index (κ2) is 4.97. The number of nitrogens with zero attached hydrogens (tertiary/aromatic N) is 3. The number of rotatable bonds is 4. The number of hydrogen-bond acceptors (Lipinski definition) is 2. The first-order valence-corrected chi connectivity index (χ1v) is 4.15. The van der Waals surface area contributed by atoms with Crippen LogP contribution in [0.5, 0.6) is 0 Å². The fraction of sp³-hybridized carbons (Fsp3) is 0.222. The summed E-state index contributed by atoms with van der Waals surface area (Å²) in [7, 11) is 0. The number of aliphatic carboxylic acids is 1. The molecular formula is C9H8FN3O2. The second-order valence-electron chi connectivity index (χ2n) is 2.87. The summed E-state index contributed by atoms with van der Waals surface area (Å²) in [5.41, 5.74) is 8.74. The number of azide groups is 1. The Morgan fingerprint density at radius 2 is 2.13 bits per heavy atom. The quantitative estimate of drug-likeness (QED) is 0.469. The van der Waals surface area contributed by atoms with Crippen molar-refractivity contribution in [2.24, 2.45) is 5.11 Å². The van der Waals surface area contributed by atoms with Gasteiger partial charge in [-0.25, -0.2) is 4.39 Å². The van der Waals surface area contributed by atoms with Gasteiger partial charge in [0, 0.05) is 4.91 Å². The smallest absolute Gasteiger partial charge is 0.304 e. The van der Waals surface area contributed by atoms with Gasteiger partial charge in [0.2, 0.25) is 0 Å². The molecule has 1 aromatic carbocycles. The van der Waals surface area contributed by atoms with Crippen LogP contribution in [0, 0.1) is 5.82 Å². The highest BCUT2D eigenvalue weighted by Crippen LogP contribution is 2.21. The van der Waals surface area contributed by atoms with E-state index in [2.05, 4.69) is 10.0 Å². The molecule has 0 aliphatic rings. The molecule has 5 nitrogen and oxygen atoms in total. The zero-order valence-corrected chi connectivity index (χ0v) is 7.67. The first kappa shape index (κ1) is 11.0. The summed E-state index contributed by atoms with van der Waals surface area (Å²) in [6, 6.07) is 4.39. The minimum absolute atomic E-state index is 0.310. The van der Waals surface area contributed by atoms with Gasteiger partial charge in [0.25, 0.3) is 0 Å². The maximum atomic E-state index is 12.6. The van der Waals surface area contributed by atoms with Gasteiger partial charge in [-0.15, -0.1) is 0 Å². The molecule has 1 N–H and O–H groups in total. The van der Waals surface area contributed by atoms with Crippen molar-refractivity contribution >= 4 is 5.97 Å². The van der Waals surface area contributed by atoms with Crippen molar-refractivity contribution in [3.8, 4) is 0 Å². The zero-order chi connectivity index (χ0) is 11.3. The number of hydrogen-bond donors (Lipinski definition) is 1. The lowest BCUT2D eigenvalue weighted by Crippen LogP contribution is -2.03. The van der Waals surface area contributed by atoms with E-state index in [0.29, 0.717) is 5.56 Å². The fourth-order valence-electron chi connectivity index (χ4n) is 1.14. The van der Waals surface area contributed by atoms with E-state index in [1.807, 2.05) is 0 Å². The summed E-state index contributed by atoms with van der Waals surface area (Å²) >= 11 is 0. The van der Waals surface area contributed by atoms with Crippen molar-refractivity contribution in [3.63, 3.8) is 0 Å². The lowest BCUT2D eigenvalue weighted by atomic mass is 10.1. The van der Waals surface area contributed by atoms with Gasteiger partial charge in [-0.05, 0) is 23.2 Å². The lowest BCUT2D eigenvalue weighted by molar-refractivity contribution is -0.137. The summed E-state index contributed by atoms with van der Waals surface area (Å²) in [4.78, 5) is 13.0. The highest BCUT2D eigenvalue weighted by atomic mass is 19.1. The summed E-state index contributed by atoms with van der Waals surface area (Å²) in [5.74, 6) is -1.49. The average molecular weight is 209 g/mol. The van der Waals surface area contributed by atoms with E-state index in [-0.39, 0.29) is 6.42 Å². The van der Waals surface area contributed by atoms with Crippen LogP contribution in [0.15, 0.2) is 29.4 Å². The highest BCUT2D eigenvalue weighted by Gasteiger charge is 2.13. The third kappa shape index (κ3) is 3.28. The molecule has 0 spiro atoms. The standard InChI is InChI=1S/C9H8FN3O2/c10-7-3-1-6(2-4-7)8(12-13-11)5-9(14)15/h1-4,8H,5H2,(H,14,15). The van der Waals surface area contributed by atoms with Crippen molar-refractivity contribution in [3.05, 3.63) is 46.1 Å². The van der Waals surface area contributed by atoms with E-state index in [1.54, 1.807) is 0 Å². The second-order valence-corrected chi connectivity index (χ2v) is 2.87. The van der Waals surface area contributed by atoms with E-state index >= 15 is 0 Å². The zero-order valence-electron chi connectivity index (χ0n) is 7.67. The Bertz CT molecular complexity index is 398. The van der Waals surface area contributed by atoms with E-state index in [9.17, 15) is 9.18 Å². The average Bonchev–Trinajstić information content (AvgIpc) is 2.17. The Hall–Kier alpha value is -2.07. The van der Waals surface area contributed by atoms with Crippen LogP contribution >= 0.6 is 0 Å². The van der Waals surface area contributed by atoms with Gasteiger partial charge in [0.05, 0.1) is 12.5 Å². The molecule has 1 aromatic rings. The third-order valence-electron chi connectivity index (χ3n) is 1.81. The van der Waals surface area contributed by atoms with Crippen LogP contribution < -0.4 is 0 Å². The largest absolute Gasteiger partial charge is 0.481 e. The molecule has 1 unspecified atom stereocenters. The molecule has 0 amide bonds. The maximum absolute atomic E-state index is 12.6. The molecule has 0 saturated carbocycles. The van der Waals surface area contributed by atoms with E-state index in [4.69, 9.17) is 10.6 Å². The van der Waals surface area contributed by atoms with E-state index in [0.717, 1.165) is 0 Å². The molecule has 0 fully saturated rings. The van der Waals surface area contributed by atoms with Gasteiger partial charge in [-0.1, -0.05) is 17.2 Å². The first-order chi connectivity index (χ1) is 7.13. The van der Waals surface area contributed by atoms with E-state index in [1.165, 1.54) is 24.3 Å². The van der Waals surface area contributed by atoms with Crippen molar-refractivity contribution < 1.29 is 14.3 Å². The van der Waals surface area contributed by atoms with Crippen LogP contribution in [-0.2, 0) is 4.79 Å². The van der Waals surface area contributed by atoms with Gasteiger partial charge >= 0.3 is 5.97 Å². The SMILES string of the molecule is [N-]=[N+]=NC(CC(=O)O)c1ccc(F)cc1. The summed E-state index contributed by atoms with van der Waals surface area (Å²) < 4.78 is 12.6. The number of carboxylic acid groups (broad SMARTS) is 1. The lowest BCUT2D eigenvalue weighted by Gasteiger charge is -2.07. The molecule has 0 heterocycles. The van der Waals surface area contributed by atoms with Gasteiger partial charge in [0.1, 0.15) is 5.82 Å². The molecular weight excluding hydrogens is 201 g/mol. The molecule has 0 aliphatic carbocycles. The van der Waals surface area contributed by atoms with Crippen LogP contribution in [0.1, 0.15) is 18.0 Å². The Morgan fingerprint density at radius 3 is 2.60 bits per heavy atom. The Balaban J connectivity index is 2.93.